The standard InChI is InChI=1S/C16H20ClN5O2/c1-24-16(23)15-12-18-19-22(15)10-7-20-5-8-21(9-6-20)14-4-2-3-13(17)11-14/h2-4,11-12H,5-10H2,1H3. The van der Waals surface area contributed by atoms with Crippen molar-refractivity contribution in [2.24, 2.45) is 0 Å². The molecule has 1 saturated heterocycles. The van der Waals surface area contributed by atoms with Crippen LogP contribution in [-0.2, 0) is 11.3 Å². The van der Waals surface area contributed by atoms with Crippen LogP contribution in [0, 0.1) is 0 Å². The van der Waals surface area contributed by atoms with Gasteiger partial charge in [0.25, 0.3) is 0 Å². The molecule has 1 aromatic carbocycles. The Kier molecular flexibility index (Phi) is 5.32. The highest BCUT2D eigenvalue weighted by molar-refractivity contribution is 6.30. The summed E-state index contributed by atoms with van der Waals surface area (Å²) in [5.74, 6) is -0.411. The number of carbonyl (C=O) groups excluding carboxylic acids is 1. The number of carbonyl (C=O) groups is 1. The minimum absolute atomic E-state index is 0.384. The summed E-state index contributed by atoms with van der Waals surface area (Å²) in [6.45, 7) is 5.23. The van der Waals surface area contributed by atoms with Gasteiger partial charge in [0.2, 0.25) is 0 Å². The van der Waals surface area contributed by atoms with Crippen LogP contribution in [0.4, 0.5) is 5.69 Å². The van der Waals surface area contributed by atoms with Crippen molar-refractivity contribution in [2.45, 2.75) is 6.54 Å². The molecule has 8 heteroatoms. The van der Waals surface area contributed by atoms with Crippen LogP contribution in [-0.4, -0.2) is 65.7 Å². The van der Waals surface area contributed by atoms with E-state index in [2.05, 4.69) is 26.2 Å². The van der Waals surface area contributed by atoms with E-state index >= 15 is 0 Å². The summed E-state index contributed by atoms with van der Waals surface area (Å²) < 4.78 is 6.32. The maximum Gasteiger partial charge on any atom is 0.358 e. The van der Waals surface area contributed by atoms with Crippen LogP contribution in [0.1, 0.15) is 10.5 Å². The molecule has 0 atom stereocenters. The van der Waals surface area contributed by atoms with Gasteiger partial charge in [0.1, 0.15) is 0 Å². The molecule has 2 aromatic rings. The topological polar surface area (TPSA) is 63.5 Å². The lowest BCUT2D eigenvalue weighted by atomic mass is 10.2. The van der Waals surface area contributed by atoms with Crippen LogP contribution >= 0.6 is 11.6 Å². The molecule has 3 rings (SSSR count). The van der Waals surface area contributed by atoms with E-state index in [-0.39, 0.29) is 0 Å². The highest BCUT2D eigenvalue weighted by Gasteiger charge is 2.19. The second-order valence-corrected chi connectivity index (χ2v) is 6.08. The Morgan fingerprint density at radius 2 is 2.04 bits per heavy atom. The Morgan fingerprint density at radius 3 is 2.75 bits per heavy atom. The number of piperazine rings is 1. The molecule has 1 aliphatic rings. The minimum atomic E-state index is -0.411. The molecule has 0 radical (unpaired) electrons. The Bertz CT molecular complexity index is 697. The van der Waals surface area contributed by atoms with Crippen LogP contribution < -0.4 is 4.90 Å². The van der Waals surface area contributed by atoms with Crippen molar-refractivity contribution in [1.82, 2.24) is 19.9 Å². The lowest BCUT2D eigenvalue weighted by Gasteiger charge is -2.36. The smallest absolute Gasteiger partial charge is 0.358 e. The zero-order valence-electron chi connectivity index (χ0n) is 13.6. The van der Waals surface area contributed by atoms with Crippen molar-refractivity contribution in [3.63, 3.8) is 0 Å². The molecule has 1 fully saturated rings. The maximum atomic E-state index is 11.6. The van der Waals surface area contributed by atoms with E-state index in [9.17, 15) is 4.79 Å². The Balaban J connectivity index is 1.51. The summed E-state index contributed by atoms with van der Waals surface area (Å²) >= 11 is 6.06. The molecule has 24 heavy (non-hydrogen) atoms. The Morgan fingerprint density at radius 1 is 1.25 bits per heavy atom. The van der Waals surface area contributed by atoms with Crippen molar-refractivity contribution >= 4 is 23.3 Å². The SMILES string of the molecule is COC(=O)c1cnnn1CCN1CCN(c2cccc(Cl)c2)CC1. The third-order valence-electron chi connectivity index (χ3n) is 4.19. The van der Waals surface area contributed by atoms with E-state index in [1.807, 2.05) is 18.2 Å². The molecule has 128 valence electrons. The van der Waals surface area contributed by atoms with E-state index in [4.69, 9.17) is 16.3 Å². The summed E-state index contributed by atoms with van der Waals surface area (Å²) in [4.78, 5) is 16.3. The second kappa shape index (κ2) is 7.63. The van der Waals surface area contributed by atoms with Gasteiger partial charge in [-0.15, -0.1) is 5.10 Å². The molecular weight excluding hydrogens is 330 g/mol. The number of hydrogen-bond donors (Lipinski definition) is 0. The van der Waals surface area contributed by atoms with E-state index in [0.717, 1.165) is 43.4 Å². The lowest BCUT2D eigenvalue weighted by molar-refractivity contribution is 0.0585. The van der Waals surface area contributed by atoms with Gasteiger partial charge in [-0.25, -0.2) is 9.48 Å². The number of benzene rings is 1. The minimum Gasteiger partial charge on any atom is -0.464 e. The van der Waals surface area contributed by atoms with E-state index in [0.29, 0.717) is 12.2 Å². The molecular formula is C16H20ClN5O2. The molecule has 0 unspecified atom stereocenters. The Labute approximate surface area is 145 Å². The fourth-order valence-corrected chi connectivity index (χ4v) is 3.01. The molecule has 0 bridgehead atoms. The Hall–Kier alpha value is -2.12. The van der Waals surface area contributed by atoms with Crippen LogP contribution in [0.2, 0.25) is 5.02 Å². The van der Waals surface area contributed by atoms with Crippen LogP contribution in [0.25, 0.3) is 0 Å². The largest absolute Gasteiger partial charge is 0.464 e. The quantitative estimate of drug-likeness (QED) is 0.763. The number of esters is 1. The highest BCUT2D eigenvalue weighted by Crippen LogP contribution is 2.20. The van der Waals surface area contributed by atoms with Crippen LogP contribution in [0.3, 0.4) is 0 Å². The zero-order valence-corrected chi connectivity index (χ0v) is 14.3. The number of aromatic nitrogens is 3. The summed E-state index contributed by atoms with van der Waals surface area (Å²) in [5, 5.41) is 8.50. The summed E-state index contributed by atoms with van der Waals surface area (Å²) in [6, 6.07) is 7.94. The number of methoxy groups -OCH3 is 1. The monoisotopic (exact) mass is 349 g/mol. The van der Waals surface area contributed by atoms with Gasteiger partial charge in [-0.3, -0.25) is 4.90 Å². The van der Waals surface area contributed by atoms with Crippen molar-refractivity contribution in [1.29, 1.82) is 0 Å². The molecule has 0 amide bonds. The molecule has 2 heterocycles. The first kappa shape index (κ1) is 16.7. The van der Waals surface area contributed by atoms with Crippen molar-refractivity contribution < 1.29 is 9.53 Å². The first-order valence-electron chi connectivity index (χ1n) is 7.87. The van der Waals surface area contributed by atoms with Gasteiger partial charge < -0.3 is 9.64 Å². The fraction of sp³-hybridized carbons (Fsp3) is 0.438. The average molecular weight is 350 g/mol. The molecule has 0 aliphatic carbocycles. The van der Waals surface area contributed by atoms with Gasteiger partial charge in [0.15, 0.2) is 5.69 Å². The van der Waals surface area contributed by atoms with Crippen LogP contribution in [0.15, 0.2) is 30.5 Å². The number of nitrogens with zero attached hydrogens (tertiary/aromatic N) is 5. The van der Waals surface area contributed by atoms with Crippen molar-refractivity contribution in [3.05, 3.63) is 41.2 Å². The number of halogens is 1. The molecule has 0 saturated carbocycles. The third kappa shape index (κ3) is 3.85. The van der Waals surface area contributed by atoms with E-state index < -0.39 is 5.97 Å². The lowest BCUT2D eigenvalue weighted by Crippen LogP contribution is -2.47. The van der Waals surface area contributed by atoms with Crippen LogP contribution in [0.5, 0.6) is 0 Å². The first-order chi connectivity index (χ1) is 11.7. The summed E-state index contributed by atoms with van der Waals surface area (Å²) in [5.41, 5.74) is 1.54. The van der Waals surface area contributed by atoms with E-state index in [1.165, 1.54) is 13.3 Å². The second-order valence-electron chi connectivity index (χ2n) is 5.64. The molecule has 0 spiro atoms. The average Bonchev–Trinajstić information content (AvgIpc) is 3.08. The van der Waals surface area contributed by atoms with Gasteiger partial charge in [-0.05, 0) is 18.2 Å². The number of hydrogen-bond acceptors (Lipinski definition) is 6. The predicted octanol–water partition coefficient (Wildman–Crippen LogP) is 1.54. The first-order valence-corrected chi connectivity index (χ1v) is 8.25. The van der Waals surface area contributed by atoms with E-state index in [1.54, 1.807) is 4.68 Å². The van der Waals surface area contributed by atoms with Gasteiger partial charge in [0.05, 0.1) is 19.9 Å². The third-order valence-corrected chi connectivity index (χ3v) is 4.42. The van der Waals surface area contributed by atoms with Gasteiger partial charge in [-0.1, -0.05) is 22.9 Å². The zero-order chi connectivity index (χ0) is 16.9. The maximum absolute atomic E-state index is 11.6. The fourth-order valence-electron chi connectivity index (χ4n) is 2.82. The van der Waals surface area contributed by atoms with Crippen molar-refractivity contribution in [2.75, 3.05) is 44.7 Å². The molecule has 1 aliphatic heterocycles. The summed E-state index contributed by atoms with van der Waals surface area (Å²) in [7, 11) is 1.36. The van der Waals surface area contributed by atoms with Gasteiger partial charge in [0, 0.05) is 43.4 Å². The summed E-state index contributed by atoms with van der Waals surface area (Å²) in [6.07, 6.45) is 1.43. The number of ether oxygens (including phenoxy) is 1. The van der Waals surface area contributed by atoms with Gasteiger partial charge >= 0.3 is 5.97 Å². The normalized spacial score (nSPS) is 15.5. The number of rotatable bonds is 5. The predicted molar refractivity (Wildman–Crippen MR) is 91.5 cm³/mol. The number of anilines is 1. The van der Waals surface area contributed by atoms with Gasteiger partial charge in [-0.2, -0.15) is 0 Å². The molecule has 7 nitrogen and oxygen atoms in total. The molecule has 1 aromatic heterocycles. The highest BCUT2D eigenvalue weighted by atomic mass is 35.5. The molecule has 0 N–H and O–H groups in total. The van der Waals surface area contributed by atoms with Crippen molar-refractivity contribution in [3.8, 4) is 0 Å².